The van der Waals surface area contributed by atoms with Gasteiger partial charge in [0, 0.05) is 18.8 Å². The van der Waals surface area contributed by atoms with Crippen LogP contribution < -0.4 is 19.5 Å². The van der Waals surface area contributed by atoms with Crippen LogP contribution in [-0.2, 0) is 11.8 Å². The van der Waals surface area contributed by atoms with Crippen LogP contribution >= 0.6 is 11.8 Å². The molecule has 1 unspecified atom stereocenters. The molecule has 0 aliphatic carbocycles. The Hall–Kier alpha value is -3.20. The lowest BCUT2D eigenvalue weighted by Crippen LogP contribution is -2.14. The van der Waals surface area contributed by atoms with E-state index in [1.54, 1.807) is 38.5 Å². The second kappa shape index (κ2) is 10.0. The number of thioether (sulfide) groups is 1. The third-order valence-corrected chi connectivity index (χ3v) is 5.31. The minimum atomic E-state index is -0.322. The number of carbonyl (C=O) groups excluding carboxylic acids is 1. The van der Waals surface area contributed by atoms with Crippen molar-refractivity contribution in [3.05, 3.63) is 54.4 Å². The van der Waals surface area contributed by atoms with Crippen molar-refractivity contribution >= 4 is 23.4 Å². The number of methoxy groups -OCH3 is 2. The third kappa shape index (κ3) is 5.44. The van der Waals surface area contributed by atoms with Crippen molar-refractivity contribution < 1.29 is 19.0 Å². The van der Waals surface area contributed by atoms with Crippen LogP contribution in [0.2, 0.25) is 0 Å². The quantitative estimate of drug-likeness (QED) is 0.520. The first kappa shape index (κ1) is 21.5. The maximum absolute atomic E-state index is 12.2. The normalized spacial score (nSPS) is 11.6. The molecule has 1 amide bonds. The molecule has 1 heterocycles. The zero-order chi connectivity index (χ0) is 21.5. The number of aromatic nitrogens is 3. The Balaban J connectivity index is 1.56. The van der Waals surface area contributed by atoms with E-state index < -0.39 is 0 Å². The van der Waals surface area contributed by atoms with Crippen LogP contribution in [0.5, 0.6) is 17.2 Å². The van der Waals surface area contributed by atoms with Crippen LogP contribution in [0.15, 0.2) is 53.7 Å². The smallest absolute Gasteiger partial charge is 0.234 e. The van der Waals surface area contributed by atoms with Crippen LogP contribution in [0.25, 0.3) is 0 Å². The first-order valence-electron chi connectivity index (χ1n) is 9.27. The Bertz CT molecular complexity index is 991. The van der Waals surface area contributed by atoms with E-state index in [4.69, 9.17) is 14.2 Å². The molecule has 1 aromatic heterocycles. The summed E-state index contributed by atoms with van der Waals surface area (Å²) in [4.78, 5) is 12.2. The molecule has 8 nitrogen and oxygen atoms in total. The second-order valence-electron chi connectivity index (χ2n) is 6.40. The van der Waals surface area contributed by atoms with Gasteiger partial charge in [-0.25, -0.2) is 0 Å². The van der Waals surface area contributed by atoms with Crippen molar-refractivity contribution in [2.45, 2.75) is 18.2 Å². The van der Waals surface area contributed by atoms with Gasteiger partial charge in [-0.2, -0.15) is 0 Å². The minimum absolute atomic E-state index is 0.129. The number of nitrogens with one attached hydrogen (secondary N) is 1. The maximum Gasteiger partial charge on any atom is 0.234 e. The summed E-state index contributed by atoms with van der Waals surface area (Å²) >= 11 is 1.31. The van der Waals surface area contributed by atoms with Crippen LogP contribution in [-0.4, -0.2) is 40.6 Å². The van der Waals surface area contributed by atoms with Gasteiger partial charge < -0.3 is 24.1 Å². The maximum atomic E-state index is 12.2. The lowest BCUT2D eigenvalue weighted by molar-refractivity contribution is -0.113. The summed E-state index contributed by atoms with van der Waals surface area (Å²) in [6.07, 6.45) is -0.322. The molecule has 9 heteroatoms. The van der Waals surface area contributed by atoms with Crippen molar-refractivity contribution in [3.63, 3.8) is 0 Å². The number of carbonyl (C=O) groups is 1. The molecule has 0 aliphatic heterocycles. The number of amides is 1. The van der Waals surface area contributed by atoms with Gasteiger partial charge in [0.15, 0.2) is 17.1 Å². The molecule has 1 atom stereocenters. The van der Waals surface area contributed by atoms with Gasteiger partial charge >= 0.3 is 0 Å². The van der Waals surface area contributed by atoms with Crippen LogP contribution in [0.3, 0.4) is 0 Å². The molecule has 0 saturated carbocycles. The van der Waals surface area contributed by atoms with E-state index in [2.05, 4.69) is 15.5 Å². The predicted octanol–water partition coefficient (Wildman–Crippen LogP) is 3.70. The fourth-order valence-corrected chi connectivity index (χ4v) is 3.46. The van der Waals surface area contributed by atoms with Gasteiger partial charge in [-0.05, 0) is 43.3 Å². The Kier molecular flexibility index (Phi) is 7.18. The van der Waals surface area contributed by atoms with E-state index >= 15 is 0 Å². The molecule has 2 aromatic carbocycles. The van der Waals surface area contributed by atoms with Gasteiger partial charge in [0.2, 0.25) is 5.91 Å². The van der Waals surface area contributed by atoms with E-state index in [1.165, 1.54) is 11.8 Å². The topological polar surface area (TPSA) is 87.5 Å². The van der Waals surface area contributed by atoms with Crippen LogP contribution in [0.1, 0.15) is 18.9 Å². The number of anilines is 1. The molecule has 0 saturated heterocycles. The van der Waals surface area contributed by atoms with Gasteiger partial charge in [0.25, 0.3) is 0 Å². The van der Waals surface area contributed by atoms with Crippen molar-refractivity contribution in [1.82, 2.24) is 14.8 Å². The lowest BCUT2D eigenvalue weighted by Gasteiger charge is -2.14. The summed E-state index contributed by atoms with van der Waals surface area (Å²) in [5.41, 5.74) is 0.709. The second-order valence-corrected chi connectivity index (χ2v) is 7.35. The first-order valence-corrected chi connectivity index (χ1v) is 10.3. The van der Waals surface area contributed by atoms with E-state index in [0.717, 1.165) is 11.5 Å². The molecule has 158 valence electrons. The van der Waals surface area contributed by atoms with Gasteiger partial charge in [-0.3, -0.25) is 4.79 Å². The van der Waals surface area contributed by atoms with Gasteiger partial charge in [-0.15, -0.1) is 10.2 Å². The molecule has 0 fully saturated rings. The number of nitrogens with zero attached hydrogens (tertiary/aromatic N) is 3. The summed E-state index contributed by atoms with van der Waals surface area (Å²) in [6, 6.07) is 14.5. The summed E-state index contributed by atoms with van der Waals surface area (Å²) < 4.78 is 18.1. The van der Waals surface area contributed by atoms with E-state index in [0.29, 0.717) is 22.4 Å². The fraction of sp³-hybridized carbons (Fsp3) is 0.286. The Morgan fingerprint density at radius 3 is 2.47 bits per heavy atom. The predicted molar refractivity (Wildman–Crippen MR) is 115 cm³/mol. The molecule has 3 aromatic rings. The van der Waals surface area contributed by atoms with Gasteiger partial charge in [0.05, 0.1) is 20.0 Å². The van der Waals surface area contributed by atoms with E-state index in [9.17, 15) is 4.79 Å². The highest BCUT2D eigenvalue weighted by Gasteiger charge is 2.18. The zero-order valence-electron chi connectivity index (χ0n) is 17.3. The average Bonchev–Trinajstić information content (AvgIpc) is 3.13. The van der Waals surface area contributed by atoms with Crippen molar-refractivity contribution in [2.24, 2.45) is 7.05 Å². The van der Waals surface area contributed by atoms with E-state index in [-0.39, 0.29) is 17.8 Å². The highest BCUT2D eigenvalue weighted by Crippen LogP contribution is 2.26. The molecule has 3 rings (SSSR count). The standard InChI is InChI=1S/C21H24N4O4S/c1-14(29-18-7-5-6-17(12-18)28-4)20-23-24-21(25(20)2)30-13-19(26)22-15-8-10-16(27-3)11-9-15/h5-12,14H,13H2,1-4H3,(H,22,26). The Morgan fingerprint density at radius 1 is 1.07 bits per heavy atom. The fourth-order valence-electron chi connectivity index (χ4n) is 2.74. The molecule has 0 aliphatic rings. The molecule has 0 bridgehead atoms. The molecule has 0 spiro atoms. The molecule has 0 radical (unpaired) electrons. The van der Waals surface area contributed by atoms with Crippen molar-refractivity contribution in [3.8, 4) is 17.2 Å². The number of hydrogen-bond acceptors (Lipinski definition) is 7. The van der Waals surface area contributed by atoms with Gasteiger partial charge in [-0.1, -0.05) is 17.8 Å². The van der Waals surface area contributed by atoms with Crippen molar-refractivity contribution in [2.75, 3.05) is 25.3 Å². The molecular formula is C21H24N4O4S. The monoisotopic (exact) mass is 428 g/mol. The SMILES string of the molecule is COc1ccc(NC(=O)CSc2nnc(C(C)Oc3cccc(OC)c3)n2C)cc1. The van der Waals surface area contributed by atoms with Crippen LogP contribution in [0.4, 0.5) is 5.69 Å². The molecule has 1 N–H and O–H groups in total. The number of rotatable bonds is 9. The number of benzene rings is 2. The molecular weight excluding hydrogens is 404 g/mol. The highest BCUT2D eigenvalue weighted by molar-refractivity contribution is 7.99. The van der Waals surface area contributed by atoms with Gasteiger partial charge in [0.1, 0.15) is 17.2 Å². The Labute approximate surface area is 179 Å². The average molecular weight is 429 g/mol. The summed E-state index contributed by atoms with van der Waals surface area (Å²) in [5, 5.41) is 11.9. The largest absolute Gasteiger partial charge is 0.497 e. The van der Waals surface area contributed by atoms with E-state index in [1.807, 2.05) is 42.8 Å². The Morgan fingerprint density at radius 2 is 1.77 bits per heavy atom. The highest BCUT2D eigenvalue weighted by atomic mass is 32.2. The summed E-state index contributed by atoms with van der Waals surface area (Å²) in [5.74, 6) is 2.88. The lowest BCUT2D eigenvalue weighted by atomic mass is 10.3. The van der Waals surface area contributed by atoms with Crippen molar-refractivity contribution in [1.29, 1.82) is 0 Å². The molecule has 30 heavy (non-hydrogen) atoms. The van der Waals surface area contributed by atoms with Crippen LogP contribution in [0, 0.1) is 0 Å². The third-order valence-electron chi connectivity index (χ3n) is 4.29. The first-order chi connectivity index (χ1) is 14.5. The minimum Gasteiger partial charge on any atom is -0.497 e. The number of ether oxygens (including phenoxy) is 3. The zero-order valence-corrected chi connectivity index (χ0v) is 18.1. The summed E-state index contributed by atoms with van der Waals surface area (Å²) in [6.45, 7) is 1.90. The summed E-state index contributed by atoms with van der Waals surface area (Å²) in [7, 11) is 5.06. The number of hydrogen-bond donors (Lipinski definition) is 1.